The molecule has 1 nitrogen and oxygen atoms in total. The lowest BCUT2D eigenvalue weighted by Gasteiger charge is -2.04. The highest BCUT2D eigenvalue weighted by Crippen LogP contribution is 2.12. The molecule has 0 aliphatic heterocycles. The summed E-state index contributed by atoms with van der Waals surface area (Å²) in [6.07, 6.45) is 1.47. The molecule has 3 heteroatoms. The SMILES string of the molecule is Cc1ccc(F)cc1CC(=O)CCCCl. The predicted octanol–water partition coefficient (Wildman–Crippen LogP) is 3.26. The molecule has 1 aromatic rings. The summed E-state index contributed by atoms with van der Waals surface area (Å²) in [6, 6.07) is 4.52. The number of Topliss-reactive ketones (excluding diaryl/α,β-unsaturated/α-hetero) is 1. The van der Waals surface area contributed by atoms with E-state index < -0.39 is 0 Å². The van der Waals surface area contributed by atoms with Crippen molar-refractivity contribution in [1.29, 1.82) is 0 Å². The Morgan fingerprint density at radius 2 is 2.20 bits per heavy atom. The van der Waals surface area contributed by atoms with Gasteiger partial charge in [-0.2, -0.15) is 0 Å². The molecule has 0 atom stereocenters. The molecule has 1 rings (SSSR count). The second kappa shape index (κ2) is 5.86. The van der Waals surface area contributed by atoms with Crippen LogP contribution < -0.4 is 0 Å². The van der Waals surface area contributed by atoms with Gasteiger partial charge in [-0.3, -0.25) is 4.79 Å². The minimum absolute atomic E-state index is 0.115. The van der Waals surface area contributed by atoms with Gasteiger partial charge >= 0.3 is 0 Å². The number of hydrogen-bond acceptors (Lipinski definition) is 1. The molecule has 1 aromatic carbocycles. The predicted molar refractivity (Wildman–Crippen MR) is 59.8 cm³/mol. The topological polar surface area (TPSA) is 17.1 Å². The van der Waals surface area contributed by atoms with Crippen molar-refractivity contribution < 1.29 is 9.18 Å². The standard InChI is InChI=1S/C12H14ClFO/c1-9-4-5-11(14)7-10(9)8-12(15)3-2-6-13/h4-5,7H,2-3,6,8H2,1H3. The Bertz CT molecular complexity index is 349. The monoisotopic (exact) mass is 228 g/mol. The van der Waals surface area contributed by atoms with Crippen LogP contribution in [-0.4, -0.2) is 11.7 Å². The second-order valence-electron chi connectivity index (χ2n) is 3.58. The van der Waals surface area contributed by atoms with E-state index in [9.17, 15) is 9.18 Å². The molecule has 0 aliphatic carbocycles. The third kappa shape index (κ3) is 4.00. The van der Waals surface area contributed by atoms with Gasteiger partial charge < -0.3 is 0 Å². The van der Waals surface area contributed by atoms with Gasteiger partial charge in [0.2, 0.25) is 0 Å². The van der Waals surface area contributed by atoms with Crippen LogP contribution in [0.4, 0.5) is 4.39 Å². The molecule has 0 N–H and O–H groups in total. The highest BCUT2D eigenvalue weighted by Gasteiger charge is 2.06. The molecule has 0 saturated heterocycles. The number of rotatable bonds is 5. The molecule has 0 aromatic heterocycles. The smallest absolute Gasteiger partial charge is 0.137 e. The molecule has 0 radical (unpaired) electrons. The molecule has 82 valence electrons. The van der Waals surface area contributed by atoms with E-state index in [4.69, 9.17) is 11.6 Å². The first-order chi connectivity index (χ1) is 7.13. The van der Waals surface area contributed by atoms with E-state index in [0.717, 1.165) is 11.1 Å². The van der Waals surface area contributed by atoms with Crippen molar-refractivity contribution in [2.45, 2.75) is 26.2 Å². The molecule has 15 heavy (non-hydrogen) atoms. The van der Waals surface area contributed by atoms with Crippen molar-refractivity contribution in [3.63, 3.8) is 0 Å². The second-order valence-corrected chi connectivity index (χ2v) is 3.96. The van der Waals surface area contributed by atoms with Crippen molar-refractivity contribution >= 4 is 17.4 Å². The Morgan fingerprint density at radius 1 is 1.47 bits per heavy atom. The fourth-order valence-electron chi connectivity index (χ4n) is 1.40. The van der Waals surface area contributed by atoms with Gasteiger partial charge in [-0.05, 0) is 36.6 Å². The number of alkyl halides is 1. The quantitative estimate of drug-likeness (QED) is 0.707. The average Bonchev–Trinajstić information content (AvgIpc) is 2.20. The van der Waals surface area contributed by atoms with Crippen LogP contribution in [0.1, 0.15) is 24.0 Å². The summed E-state index contributed by atoms with van der Waals surface area (Å²) >= 11 is 5.49. The minimum atomic E-state index is -0.291. The van der Waals surface area contributed by atoms with Gasteiger partial charge in [0.15, 0.2) is 0 Å². The molecule has 0 saturated carbocycles. The normalized spacial score (nSPS) is 10.3. The molecule has 0 fully saturated rings. The highest BCUT2D eigenvalue weighted by molar-refractivity contribution is 6.17. The van der Waals surface area contributed by atoms with Crippen LogP contribution in [0.2, 0.25) is 0 Å². The van der Waals surface area contributed by atoms with Crippen LogP contribution in [0.5, 0.6) is 0 Å². The summed E-state index contributed by atoms with van der Waals surface area (Å²) in [4.78, 5) is 11.5. The van der Waals surface area contributed by atoms with E-state index >= 15 is 0 Å². The summed E-state index contributed by atoms with van der Waals surface area (Å²) in [6.45, 7) is 1.88. The van der Waals surface area contributed by atoms with Crippen molar-refractivity contribution in [3.05, 3.63) is 35.1 Å². The number of carbonyl (C=O) groups is 1. The van der Waals surface area contributed by atoms with Crippen LogP contribution in [0.15, 0.2) is 18.2 Å². The lowest BCUT2D eigenvalue weighted by atomic mass is 10.0. The van der Waals surface area contributed by atoms with Gasteiger partial charge in [0, 0.05) is 18.7 Å². The van der Waals surface area contributed by atoms with Crippen LogP contribution >= 0.6 is 11.6 Å². The maximum absolute atomic E-state index is 12.9. The number of benzene rings is 1. The maximum Gasteiger partial charge on any atom is 0.137 e. The Labute approximate surface area is 94.3 Å². The van der Waals surface area contributed by atoms with Crippen LogP contribution in [0.25, 0.3) is 0 Å². The lowest BCUT2D eigenvalue weighted by Crippen LogP contribution is -2.04. The molecule has 0 amide bonds. The largest absolute Gasteiger partial charge is 0.299 e. The third-order valence-corrected chi connectivity index (χ3v) is 2.56. The number of aryl methyl sites for hydroxylation is 1. The molecular weight excluding hydrogens is 215 g/mol. The van der Waals surface area contributed by atoms with Crippen LogP contribution in [-0.2, 0) is 11.2 Å². The third-order valence-electron chi connectivity index (χ3n) is 2.29. The number of ketones is 1. The first kappa shape index (κ1) is 12.2. The van der Waals surface area contributed by atoms with Crippen molar-refractivity contribution in [2.75, 3.05) is 5.88 Å². The molecular formula is C12H14ClFO. The summed E-state index contributed by atoms with van der Waals surface area (Å²) in [7, 11) is 0. The number of hydrogen-bond donors (Lipinski definition) is 0. The minimum Gasteiger partial charge on any atom is -0.299 e. The molecule has 0 heterocycles. The number of carbonyl (C=O) groups excluding carboxylic acids is 1. The van der Waals surface area contributed by atoms with Gasteiger partial charge in [-0.1, -0.05) is 6.07 Å². The number of halogens is 2. The zero-order valence-electron chi connectivity index (χ0n) is 8.72. The maximum atomic E-state index is 12.9. The lowest BCUT2D eigenvalue weighted by molar-refractivity contribution is -0.118. The molecule has 0 aliphatic rings. The Kier molecular flexibility index (Phi) is 4.76. The van der Waals surface area contributed by atoms with Crippen molar-refractivity contribution in [1.82, 2.24) is 0 Å². The van der Waals surface area contributed by atoms with Gasteiger partial charge in [-0.15, -0.1) is 11.6 Å². The molecule has 0 unspecified atom stereocenters. The van der Waals surface area contributed by atoms with Crippen molar-refractivity contribution in [2.24, 2.45) is 0 Å². The molecule has 0 spiro atoms. The highest BCUT2D eigenvalue weighted by atomic mass is 35.5. The average molecular weight is 229 g/mol. The van der Waals surface area contributed by atoms with Gasteiger partial charge in [0.25, 0.3) is 0 Å². The van der Waals surface area contributed by atoms with Crippen molar-refractivity contribution in [3.8, 4) is 0 Å². The summed E-state index contributed by atoms with van der Waals surface area (Å²) in [5.41, 5.74) is 1.73. The van der Waals surface area contributed by atoms with E-state index in [0.29, 0.717) is 25.1 Å². The zero-order valence-corrected chi connectivity index (χ0v) is 9.48. The van der Waals surface area contributed by atoms with Gasteiger partial charge in [0.1, 0.15) is 11.6 Å². The van der Waals surface area contributed by atoms with E-state index in [1.54, 1.807) is 6.07 Å². The summed E-state index contributed by atoms with van der Waals surface area (Å²) in [5, 5.41) is 0. The summed E-state index contributed by atoms with van der Waals surface area (Å²) < 4.78 is 12.9. The first-order valence-electron chi connectivity index (χ1n) is 4.96. The van der Waals surface area contributed by atoms with Gasteiger partial charge in [-0.25, -0.2) is 4.39 Å². The van der Waals surface area contributed by atoms with Crippen LogP contribution in [0.3, 0.4) is 0 Å². The van der Waals surface area contributed by atoms with E-state index in [2.05, 4.69) is 0 Å². The van der Waals surface area contributed by atoms with Gasteiger partial charge in [0.05, 0.1) is 0 Å². The fourth-order valence-corrected chi connectivity index (χ4v) is 1.53. The van der Waals surface area contributed by atoms with E-state index in [1.165, 1.54) is 12.1 Å². The first-order valence-corrected chi connectivity index (χ1v) is 5.49. The van der Waals surface area contributed by atoms with E-state index in [1.807, 2.05) is 6.92 Å². The van der Waals surface area contributed by atoms with E-state index in [-0.39, 0.29) is 11.6 Å². The Hall–Kier alpha value is -0.890. The van der Waals surface area contributed by atoms with Crippen LogP contribution in [0, 0.1) is 12.7 Å². The Balaban J connectivity index is 2.63. The molecule has 0 bridgehead atoms. The fraction of sp³-hybridized carbons (Fsp3) is 0.417. The summed E-state index contributed by atoms with van der Waals surface area (Å²) in [5.74, 6) is 0.318. The Morgan fingerprint density at radius 3 is 2.87 bits per heavy atom. The zero-order chi connectivity index (χ0) is 11.3.